The first kappa shape index (κ1) is 17.3. The molecule has 5 N–H and O–H groups in total. The Bertz CT molecular complexity index is 925. The molecular formula is C22H21N3O. The summed E-state index contributed by atoms with van der Waals surface area (Å²) < 4.78 is 0. The second-order valence-corrected chi connectivity index (χ2v) is 6.15. The van der Waals surface area contributed by atoms with Crippen LogP contribution in [0.15, 0.2) is 78.4 Å². The topological polar surface area (TPSA) is 81.1 Å². The fourth-order valence-corrected chi connectivity index (χ4v) is 2.56. The van der Waals surface area contributed by atoms with E-state index in [-0.39, 0.29) is 5.91 Å². The number of amides is 1. The van der Waals surface area contributed by atoms with E-state index in [1.54, 1.807) is 6.92 Å². The standard InChI is InChI=1S/C22H21N3O/c1-15(14-16-2-8-19(23)9-3-16)22(26)25-21-12-6-18(7-13-21)17-4-10-20(24)11-5-17/h2-14H,23-24H2,1H3,(H,25,26)/b15-14+. The van der Waals surface area contributed by atoms with Gasteiger partial charge in [-0.25, -0.2) is 0 Å². The normalized spacial score (nSPS) is 11.2. The number of benzene rings is 3. The van der Waals surface area contributed by atoms with Gasteiger partial charge in [0.25, 0.3) is 5.91 Å². The molecule has 0 aliphatic heterocycles. The van der Waals surface area contributed by atoms with Gasteiger partial charge in [-0.05, 0) is 66.1 Å². The quantitative estimate of drug-likeness (QED) is 0.480. The molecule has 0 bridgehead atoms. The van der Waals surface area contributed by atoms with Gasteiger partial charge in [0.1, 0.15) is 0 Å². The zero-order valence-corrected chi connectivity index (χ0v) is 14.6. The highest BCUT2D eigenvalue weighted by Gasteiger charge is 2.06. The molecule has 0 aliphatic rings. The Labute approximate surface area is 153 Å². The summed E-state index contributed by atoms with van der Waals surface area (Å²) in [7, 11) is 0. The second kappa shape index (κ2) is 7.57. The molecule has 0 saturated carbocycles. The molecule has 0 unspecified atom stereocenters. The van der Waals surface area contributed by atoms with Crippen molar-refractivity contribution in [2.24, 2.45) is 0 Å². The molecule has 4 nitrogen and oxygen atoms in total. The fourth-order valence-electron chi connectivity index (χ4n) is 2.56. The Morgan fingerprint density at radius 1 is 0.769 bits per heavy atom. The predicted octanol–water partition coefficient (Wildman–Crippen LogP) is 4.56. The molecule has 0 aromatic heterocycles. The molecule has 0 spiro atoms. The zero-order chi connectivity index (χ0) is 18.5. The van der Waals surface area contributed by atoms with Gasteiger partial charge < -0.3 is 16.8 Å². The maximum absolute atomic E-state index is 12.4. The molecule has 0 saturated heterocycles. The van der Waals surface area contributed by atoms with Crippen molar-refractivity contribution < 1.29 is 4.79 Å². The van der Waals surface area contributed by atoms with Gasteiger partial charge in [0, 0.05) is 22.6 Å². The molecule has 3 aromatic carbocycles. The van der Waals surface area contributed by atoms with Crippen molar-refractivity contribution in [1.82, 2.24) is 0 Å². The van der Waals surface area contributed by atoms with Crippen LogP contribution in [-0.2, 0) is 4.79 Å². The molecule has 3 aromatic rings. The lowest BCUT2D eigenvalue weighted by atomic mass is 10.0. The summed E-state index contributed by atoms with van der Waals surface area (Å²) in [6.07, 6.45) is 1.83. The van der Waals surface area contributed by atoms with Crippen LogP contribution in [0.1, 0.15) is 12.5 Å². The number of anilines is 3. The number of hydrogen-bond donors (Lipinski definition) is 3. The number of carbonyl (C=O) groups excluding carboxylic acids is 1. The third kappa shape index (κ3) is 4.30. The van der Waals surface area contributed by atoms with Crippen molar-refractivity contribution >= 4 is 29.0 Å². The Balaban J connectivity index is 1.69. The summed E-state index contributed by atoms with van der Waals surface area (Å²) in [5.41, 5.74) is 17.3. The van der Waals surface area contributed by atoms with Crippen molar-refractivity contribution in [2.45, 2.75) is 6.92 Å². The van der Waals surface area contributed by atoms with Crippen LogP contribution in [0.2, 0.25) is 0 Å². The minimum Gasteiger partial charge on any atom is -0.399 e. The van der Waals surface area contributed by atoms with Crippen molar-refractivity contribution in [3.05, 3.63) is 83.9 Å². The van der Waals surface area contributed by atoms with Crippen molar-refractivity contribution in [2.75, 3.05) is 16.8 Å². The molecule has 0 radical (unpaired) electrons. The molecule has 4 heteroatoms. The van der Waals surface area contributed by atoms with E-state index in [4.69, 9.17) is 11.5 Å². The maximum atomic E-state index is 12.4. The van der Waals surface area contributed by atoms with Gasteiger partial charge in [-0.3, -0.25) is 4.79 Å². The second-order valence-electron chi connectivity index (χ2n) is 6.15. The van der Waals surface area contributed by atoms with Crippen LogP contribution in [-0.4, -0.2) is 5.91 Å². The number of nitrogens with two attached hydrogens (primary N) is 2. The largest absolute Gasteiger partial charge is 0.399 e. The Kier molecular flexibility index (Phi) is 5.04. The van der Waals surface area contributed by atoms with E-state index in [9.17, 15) is 4.79 Å². The molecule has 1 amide bonds. The molecule has 0 fully saturated rings. The van der Waals surface area contributed by atoms with Crippen molar-refractivity contribution in [3.8, 4) is 11.1 Å². The van der Waals surface area contributed by atoms with E-state index in [1.165, 1.54) is 0 Å². The van der Waals surface area contributed by atoms with Gasteiger partial charge in [0.2, 0.25) is 0 Å². The minimum absolute atomic E-state index is 0.137. The van der Waals surface area contributed by atoms with Crippen molar-refractivity contribution in [3.63, 3.8) is 0 Å². The van der Waals surface area contributed by atoms with Crippen LogP contribution >= 0.6 is 0 Å². The summed E-state index contributed by atoms with van der Waals surface area (Å²) in [5, 5.41) is 2.91. The van der Waals surface area contributed by atoms with E-state index in [0.29, 0.717) is 11.3 Å². The molecule has 130 valence electrons. The maximum Gasteiger partial charge on any atom is 0.251 e. The Morgan fingerprint density at radius 2 is 1.23 bits per heavy atom. The molecule has 0 atom stereocenters. The van der Waals surface area contributed by atoms with E-state index in [1.807, 2.05) is 78.9 Å². The summed E-state index contributed by atoms with van der Waals surface area (Å²) in [5.74, 6) is -0.137. The van der Waals surface area contributed by atoms with Crippen LogP contribution in [0.5, 0.6) is 0 Å². The lowest BCUT2D eigenvalue weighted by Crippen LogP contribution is -2.12. The smallest absolute Gasteiger partial charge is 0.251 e. The number of carbonyl (C=O) groups is 1. The Morgan fingerprint density at radius 3 is 1.77 bits per heavy atom. The van der Waals surface area contributed by atoms with Gasteiger partial charge in [0.05, 0.1) is 0 Å². The lowest BCUT2D eigenvalue weighted by Gasteiger charge is -2.08. The molecular weight excluding hydrogens is 322 g/mol. The van der Waals surface area contributed by atoms with Gasteiger partial charge in [-0.1, -0.05) is 36.4 Å². The number of hydrogen-bond acceptors (Lipinski definition) is 3. The summed E-state index contributed by atoms with van der Waals surface area (Å²) in [4.78, 5) is 12.4. The fraction of sp³-hybridized carbons (Fsp3) is 0.0455. The van der Waals surface area contributed by atoms with Gasteiger partial charge in [-0.15, -0.1) is 0 Å². The van der Waals surface area contributed by atoms with E-state index in [0.717, 1.165) is 28.1 Å². The molecule has 3 rings (SSSR count). The van der Waals surface area contributed by atoms with Crippen LogP contribution in [0.4, 0.5) is 17.1 Å². The first-order valence-corrected chi connectivity index (χ1v) is 8.32. The minimum atomic E-state index is -0.137. The third-order valence-electron chi connectivity index (χ3n) is 4.06. The van der Waals surface area contributed by atoms with Crippen LogP contribution in [0.3, 0.4) is 0 Å². The van der Waals surface area contributed by atoms with E-state index >= 15 is 0 Å². The van der Waals surface area contributed by atoms with E-state index in [2.05, 4.69) is 5.32 Å². The lowest BCUT2D eigenvalue weighted by molar-refractivity contribution is -0.112. The van der Waals surface area contributed by atoms with Gasteiger partial charge in [0.15, 0.2) is 0 Å². The van der Waals surface area contributed by atoms with E-state index < -0.39 is 0 Å². The highest BCUT2D eigenvalue weighted by Crippen LogP contribution is 2.22. The third-order valence-corrected chi connectivity index (χ3v) is 4.06. The monoisotopic (exact) mass is 343 g/mol. The summed E-state index contributed by atoms with van der Waals surface area (Å²) >= 11 is 0. The first-order valence-electron chi connectivity index (χ1n) is 8.32. The average molecular weight is 343 g/mol. The SMILES string of the molecule is C/C(=C\c1ccc(N)cc1)C(=O)Nc1ccc(-c2ccc(N)cc2)cc1. The molecule has 0 heterocycles. The van der Waals surface area contributed by atoms with Gasteiger partial charge >= 0.3 is 0 Å². The zero-order valence-electron chi connectivity index (χ0n) is 14.6. The number of rotatable bonds is 4. The summed E-state index contributed by atoms with van der Waals surface area (Å²) in [6.45, 7) is 1.79. The van der Waals surface area contributed by atoms with Crippen LogP contribution < -0.4 is 16.8 Å². The van der Waals surface area contributed by atoms with Crippen LogP contribution in [0, 0.1) is 0 Å². The predicted molar refractivity (Wildman–Crippen MR) is 109 cm³/mol. The summed E-state index contributed by atoms with van der Waals surface area (Å²) in [6, 6.07) is 22.8. The highest BCUT2D eigenvalue weighted by molar-refractivity contribution is 6.06. The van der Waals surface area contributed by atoms with Crippen molar-refractivity contribution in [1.29, 1.82) is 0 Å². The van der Waals surface area contributed by atoms with Crippen LogP contribution in [0.25, 0.3) is 17.2 Å². The molecule has 26 heavy (non-hydrogen) atoms. The highest BCUT2D eigenvalue weighted by atomic mass is 16.1. The number of nitrogen functional groups attached to an aromatic ring is 2. The Hall–Kier alpha value is -3.53. The first-order chi connectivity index (χ1) is 12.5. The van der Waals surface area contributed by atoms with Gasteiger partial charge in [-0.2, -0.15) is 0 Å². The molecule has 0 aliphatic carbocycles. The average Bonchev–Trinajstić information content (AvgIpc) is 2.65. The number of nitrogens with one attached hydrogen (secondary N) is 1.